The fourth-order valence-electron chi connectivity index (χ4n) is 3.11. The fraction of sp³-hybridized carbons (Fsp3) is 1.00. The number of nitrogens with zero attached hydrogens (tertiary/aromatic N) is 2. The molecule has 0 spiro atoms. The average molecular weight is 304 g/mol. The maximum Gasteiger partial charge on any atom is 0.279 e. The first kappa shape index (κ1) is 16.2. The Kier molecular flexibility index (Phi) is 5.80. The molecule has 0 saturated carbocycles. The Morgan fingerprint density at radius 2 is 1.85 bits per heavy atom. The van der Waals surface area contributed by atoms with Crippen LogP contribution >= 0.6 is 0 Å². The summed E-state index contributed by atoms with van der Waals surface area (Å²) in [7, 11) is 0.687. The van der Waals surface area contributed by atoms with Crippen LogP contribution in [0.15, 0.2) is 0 Å². The van der Waals surface area contributed by atoms with Crippen LogP contribution in [-0.4, -0.2) is 70.5 Å². The monoisotopic (exact) mass is 304 g/mol. The van der Waals surface area contributed by atoms with Gasteiger partial charge in [-0.1, -0.05) is 0 Å². The molecule has 7 heteroatoms. The van der Waals surface area contributed by atoms with Gasteiger partial charge < -0.3 is 10.2 Å². The number of likely N-dealkylation sites (tertiary alicyclic amines) is 1. The third-order valence-corrected chi connectivity index (χ3v) is 5.99. The van der Waals surface area contributed by atoms with E-state index in [0.717, 1.165) is 45.3 Å². The van der Waals surface area contributed by atoms with Gasteiger partial charge in [-0.2, -0.15) is 17.4 Å². The van der Waals surface area contributed by atoms with Crippen molar-refractivity contribution in [1.29, 1.82) is 0 Å². The van der Waals surface area contributed by atoms with Crippen LogP contribution in [0.5, 0.6) is 0 Å². The number of piperidine rings is 2. The third-order valence-electron chi connectivity index (χ3n) is 4.35. The summed E-state index contributed by atoms with van der Waals surface area (Å²) in [5.41, 5.74) is 0. The minimum Gasteiger partial charge on any atom is -0.319 e. The summed E-state index contributed by atoms with van der Waals surface area (Å²) in [5, 5.41) is 3.15. The van der Waals surface area contributed by atoms with Gasteiger partial charge in [-0.3, -0.25) is 0 Å². The Hall–Kier alpha value is -0.210. The first-order valence-electron chi connectivity index (χ1n) is 7.62. The van der Waals surface area contributed by atoms with Gasteiger partial charge in [0.1, 0.15) is 0 Å². The number of nitrogens with one attached hydrogen (secondary N) is 2. The zero-order chi connectivity index (χ0) is 14.6. The fourth-order valence-corrected chi connectivity index (χ4v) is 4.69. The molecule has 1 unspecified atom stereocenters. The lowest BCUT2D eigenvalue weighted by Crippen LogP contribution is -2.52. The van der Waals surface area contributed by atoms with E-state index < -0.39 is 10.2 Å². The van der Waals surface area contributed by atoms with Crippen molar-refractivity contribution in [3.63, 3.8) is 0 Å². The molecule has 0 aromatic heterocycles. The average Bonchev–Trinajstić information content (AvgIpc) is 2.42. The molecule has 0 amide bonds. The molecule has 2 heterocycles. The smallest absolute Gasteiger partial charge is 0.279 e. The van der Waals surface area contributed by atoms with Gasteiger partial charge in [0.25, 0.3) is 10.2 Å². The summed E-state index contributed by atoms with van der Waals surface area (Å²) in [4.78, 5) is 2.24. The van der Waals surface area contributed by atoms with Gasteiger partial charge in [0.05, 0.1) is 0 Å². The van der Waals surface area contributed by atoms with Gasteiger partial charge in [0.15, 0.2) is 0 Å². The zero-order valence-electron chi connectivity index (χ0n) is 12.6. The highest BCUT2D eigenvalue weighted by Crippen LogP contribution is 2.19. The SMILES string of the molecule is CNCC1CCCN(S(=O)(=O)NC2CCN(C)CC2)C1. The lowest BCUT2D eigenvalue weighted by Gasteiger charge is -2.35. The molecule has 0 aliphatic carbocycles. The van der Waals surface area contributed by atoms with Crippen molar-refractivity contribution in [2.45, 2.75) is 31.7 Å². The Bertz CT molecular complexity index is 391. The molecule has 6 nitrogen and oxygen atoms in total. The van der Waals surface area contributed by atoms with Crippen LogP contribution in [0.2, 0.25) is 0 Å². The Balaban J connectivity index is 1.89. The van der Waals surface area contributed by atoms with Crippen molar-refractivity contribution in [3.05, 3.63) is 0 Å². The van der Waals surface area contributed by atoms with Gasteiger partial charge in [-0.15, -0.1) is 0 Å². The highest BCUT2D eigenvalue weighted by molar-refractivity contribution is 7.87. The second-order valence-electron chi connectivity index (χ2n) is 6.12. The molecule has 2 aliphatic rings. The molecule has 0 aromatic rings. The van der Waals surface area contributed by atoms with Crippen LogP contribution in [0.3, 0.4) is 0 Å². The van der Waals surface area contributed by atoms with E-state index in [0.29, 0.717) is 19.0 Å². The third kappa shape index (κ3) is 4.39. The van der Waals surface area contributed by atoms with Gasteiger partial charge in [0, 0.05) is 19.1 Å². The van der Waals surface area contributed by atoms with Crippen LogP contribution in [0, 0.1) is 5.92 Å². The summed E-state index contributed by atoms with van der Waals surface area (Å²) in [6, 6.07) is 0.0980. The molecule has 2 rings (SSSR count). The van der Waals surface area contributed by atoms with E-state index in [4.69, 9.17) is 0 Å². The van der Waals surface area contributed by atoms with Crippen molar-refractivity contribution in [2.75, 3.05) is 46.8 Å². The molecule has 1 atom stereocenters. The van der Waals surface area contributed by atoms with Crippen molar-refractivity contribution < 1.29 is 8.42 Å². The maximum atomic E-state index is 12.5. The summed E-state index contributed by atoms with van der Waals surface area (Å²) in [5.74, 6) is 0.433. The van der Waals surface area contributed by atoms with E-state index in [1.165, 1.54) is 0 Å². The number of rotatable bonds is 5. The van der Waals surface area contributed by atoms with Crippen LogP contribution in [0.25, 0.3) is 0 Å². The highest BCUT2D eigenvalue weighted by atomic mass is 32.2. The van der Waals surface area contributed by atoms with E-state index in [9.17, 15) is 8.42 Å². The molecule has 2 aliphatic heterocycles. The predicted molar refractivity (Wildman–Crippen MR) is 80.8 cm³/mol. The van der Waals surface area contributed by atoms with Crippen molar-refractivity contribution in [3.8, 4) is 0 Å². The van der Waals surface area contributed by atoms with Gasteiger partial charge in [-0.25, -0.2) is 0 Å². The van der Waals surface area contributed by atoms with Crippen LogP contribution in [-0.2, 0) is 10.2 Å². The van der Waals surface area contributed by atoms with Crippen molar-refractivity contribution in [2.24, 2.45) is 5.92 Å². The molecular formula is C13H28N4O2S. The summed E-state index contributed by atoms with van der Waals surface area (Å²) < 4.78 is 29.5. The predicted octanol–water partition coefficient (Wildman–Crippen LogP) is -0.154. The van der Waals surface area contributed by atoms with Crippen LogP contribution in [0.1, 0.15) is 25.7 Å². The largest absolute Gasteiger partial charge is 0.319 e. The topological polar surface area (TPSA) is 64.7 Å². The first-order chi connectivity index (χ1) is 9.51. The lowest BCUT2D eigenvalue weighted by molar-refractivity contribution is 0.236. The lowest BCUT2D eigenvalue weighted by atomic mass is 10.00. The minimum absolute atomic E-state index is 0.0980. The van der Waals surface area contributed by atoms with E-state index in [1.54, 1.807) is 4.31 Å². The zero-order valence-corrected chi connectivity index (χ0v) is 13.5. The van der Waals surface area contributed by atoms with Gasteiger partial charge in [-0.05, 0) is 65.3 Å². The molecular weight excluding hydrogens is 276 g/mol. The normalized spacial score (nSPS) is 27.8. The summed E-state index contributed by atoms with van der Waals surface area (Å²) in [6.45, 7) is 4.12. The van der Waals surface area contributed by atoms with E-state index in [1.807, 2.05) is 7.05 Å². The molecule has 0 bridgehead atoms. The molecule has 0 radical (unpaired) electrons. The maximum absolute atomic E-state index is 12.5. The first-order valence-corrected chi connectivity index (χ1v) is 9.06. The standard InChI is InChI=1S/C13H28N4O2S/c1-14-10-12-4-3-7-17(11-12)20(18,19)15-13-5-8-16(2)9-6-13/h12-15H,3-11H2,1-2H3. The second kappa shape index (κ2) is 7.17. The molecule has 2 saturated heterocycles. The van der Waals surface area contributed by atoms with Crippen molar-refractivity contribution in [1.82, 2.24) is 19.2 Å². The van der Waals surface area contributed by atoms with Crippen molar-refractivity contribution >= 4 is 10.2 Å². The molecule has 20 heavy (non-hydrogen) atoms. The number of hydrogen-bond acceptors (Lipinski definition) is 4. The summed E-state index contributed by atoms with van der Waals surface area (Å²) >= 11 is 0. The number of hydrogen-bond donors (Lipinski definition) is 2. The van der Waals surface area contributed by atoms with Gasteiger partial charge >= 0.3 is 0 Å². The van der Waals surface area contributed by atoms with Crippen LogP contribution < -0.4 is 10.0 Å². The van der Waals surface area contributed by atoms with Crippen LogP contribution in [0.4, 0.5) is 0 Å². The molecule has 2 fully saturated rings. The highest BCUT2D eigenvalue weighted by Gasteiger charge is 2.31. The summed E-state index contributed by atoms with van der Waals surface area (Å²) in [6.07, 6.45) is 3.88. The van der Waals surface area contributed by atoms with E-state index in [-0.39, 0.29) is 6.04 Å². The Labute approximate surface area is 123 Å². The quantitative estimate of drug-likeness (QED) is 0.741. The second-order valence-corrected chi connectivity index (χ2v) is 7.83. The minimum atomic E-state index is -3.31. The Morgan fingerprint density at radius 1 is 1.15 bits per heavy atom. The molecule has 2 N–H and O–H groups in total. The van der Waals surface area contributed by atoms with Gasteiger partial charge in [0.2, 0.25) is 0 Å². The molecule has 0 aromatic carbocycles. The Morgan fingerprint density at radius 3 is 2.50 bits per heavy atom. The molecule has 118 valence electrons. The van der Waals surface area contributed by atoms with E-state index in [2.05, 4.69) is 22.0 Å². The van der Waals surface area contributed by atoms with E-state index >= 15 is 0 Å².